The maximum Gasteiger partial charge on any atom is 0.306 e. The Labute approximate surface area is 115 Å². The second kappa shape index (κ2) is 7.21. The van der Waals surface area contributed by atoms with Crippen molar-refractivity contribution in [1.29, 1.82) is 0 Å². The van der Waals surface area contributed by atoms with E-state index in [4.69, 9.17) is 4.74 Å². The zero-order valence-corrected chi connectivity index (χ0v) is 12.5. The fourth-order valence-electron chi connectivity index (χ4n) is 2.08. The van der Waals surface area contributed by atoms with Crippen LogP contribution in [0.2, 0.25) is 0 Å². The first-order chi connectivity index (χ1) is 8.87. The van der Waals surface area contributed by atoms with Crippen LogP contribution in [0.15, 0.2) is 0 Å². The van der Waals surface area contributed by atoms with Crippen LogP contribution < -0.4 is 10.0 Å². The van der Waals surface area contributed by atoms with Crippen molar-refractivity contribution in [1.82, 2.24) is 10.0 Å². The Kier molecular flexibility index (Phi) is 6.22. The van der Waals surface area contributed by atoms with Crippen LogP contribution in [0.5, 0.6) is 0 Å². The third-order valence-corrected chi connectivity index (χ3v) is 4.61. The van der Waals surface area contributed by atoms with Gasteiger partial charge in [-0.1, -0.05) is 6.92 Å². The summed E-state index contributed by atoms with van der Waals surface area (Å²) in [7, 11) is -3.41. The number of ether oxygens (including phenoxy) is 1. The highest BCUT2D eigenvalue weighted by Gasteiger charge is 2.28. The van der Waals surface area contributed by atoms with E-state index in [-0.39, 0.29) is 24.2 Å². The SMILES string of the molecule is CCOC(=O)CCS(=O)(=O)NCC1(C)CCCNC1. The normalized spacial score (nSPS) is 24.1. The Hall–Kier alpha value is -0.660. The molecule has 1 aliphatic rings. The first-order valence-electron chi connectivity index (χ1n) is 6.71. The van der Waals surface area contributed by atoms with Gasteiger partial charge < -0.3 is 10.1 Å². The van der Waals surface area contributed by atoms with E-state index in [0.29, 0.717) is 6.54 Å². The molecule has 0 amide bonds. The van der Waals surface area contributed by atoms with Gasteiger partial charge >= 0.3 is 5.97 Å². The van der Waals surface area contributed by atoms with Crippen LogP contribution >= 0.6 is 0 Å². The average Bonchev–Trinajstić information content (AvgIpc) is 2.36. The molecule has 112 valence electrons. The van der Waals surface area contributed by atoms with Gasteiger partial charge in [0.1, 0.15) is 0 Å². The highest BCUT2D eigenvalue weighted by molar-refractivity contribution is 7.89. The standard InChI is InChI=1S/C12H24N2O4S/c1-3-18-11(15)5-8-19(16,17)14-10-12(2)6-4-7-13-9-12/h13-14H,3-10H2,1-2H3. The van der Waals surface area contributed by atoms with Gasteiger partial charge in [-0.3, -0.25) is 4.79 Å². The first-order valence-corrected chi connectivity index (χ1v) is 8.36. The van der Waals surface area contributed by atoms with Crippen LogP contribution in [-0.4, -0.2) is 46.4 Å². The Balaban J connectivity index is 2.35. The van der Waals surface area contributed by atoms with Crippen molar-refractivity contribution in [2.24, 2.45) is 5.41 Å². The molecule has 0 bridgehead atoms. The molecule has 1 saturated heterocycles. The third kappa shape index (κ3) is 6.35. The average molecular weight is 292 g/mol. The molecule has 1 aliphatic heterocycles. The van der Waals surface area contributed by atoms with Crippen LogP contribution in [0, 0.1) is 5.41 Å². The monoisotopic (exact) mass is 292 g/mol. The van der Waals surface area contributed by atoms with Gasteiger partial charge in [-0.2, -0.15) is 0 Å². The lowest BCUT2D eigenvalue weighted by molar-refractivity contribution is -0.142. The molecule has 0 saturated carbocycles. The number of hydrogen-bond acceptors (Lipinski definition) is 5. The van der Waals surface area contributed by atoms with Crippen LogP contribution in [-0.2, 0) is 19.6 Å². The van der Waals surface area contributed by atoms with Crippen molar-refractivity contribution in [3.63, 3.8) is 0 Å². The van der Waals surface area contributed by atoms with E-state index >= 15 is 0 Å². The van der Waals surface area contributed by atoms with Gasteiger partial charge in [0.25, 0.3) is 0 Å². The largest absolute Gasteiger partial charge is 0.466 e. The molecular formula is C12H24N2O4S. The first kappa shape index (κ1) is 16.4. The van der Waals surface area contributed by atoms with E-state index in [1.54, 1.807) is 6.92 Å². The number of rotatable bonds is 7. The van der Waals surface area contributed by atoms with Gasteiger partial charge in [0.05, 0.1) is 18.8 Å². The van der Waals surface area contributed by atoms with Gasteiger partial charge in [-0.15, -0.1) is 0 Å². The van der Waals surface area contributed by atoms with Gasteiger partial charge in [-0.25, -0.2) is 13.1 Å². The lowest BCUT2D eigenvalue weighted by Crippen LogP contribution is -2.46. The van der Waals surface area contributed by atoms with Crippen molar-refractivity contribution in [3.8, 4) is 0 Å². The molecule has 1 heterocycles. The maximum atomic E-state index is 11.8. The Morgan fingerprint density at radius 1 is 1.47 bits per heavy atom. The fraction of sp³-hybridized carbons (Fsp3) is 0.917. The lowest BCUT2D eigenvalue weighted by Gasteiger charge is -2.34. The highest BCUT2D eigenvalue weighted by atomic mass is 32.2. The van der Waals surface area contributed by atoms with Crippen molar-refractivity contribution in [2.75, 3.05) is 32.0 Å². The molecule has 19 heavy (non-hydrogen) atoms. The number of esters is 1. The molecule has 1 unspecified atom stereocenters. The summed E-state index contributed by atoms with van der Waals surface area (Å²) in [5.74, 6) is -0.687. The number of hydrogen-bond donors (Lipinski definition) is 2. The summed E-state index contributed by atoms with van der Waals surface area (Å²) in [4.78, 5) is 11.1. The Bertz CT molecular complexity index is 389. The molecule has 1 rings (SSSR count). The summed E-state index contributed by atoms with van der Waals surface area (Å²) in [6.07, 6.45) is 1.96. The summed E-state index contributed by atoms with van der Waals surface area (Å²) in [6, 6.07) is 0. The maximum absolute atomic E-state index is 11.8. The molecule has 2 N–H and O–H groups in total. The molecule has 0 aromatic carbocycles. The van der Waals surface area contributed by atoms with Crippen molar-refractivity contribution in [3.05, 3.63) is 0 Å². The van der Waals surface area contributed by atoms with Gasteiger partial charge in [-0.05, 0) is 31.7 Å². The minimum atomic E-state index is -3.41. The minimum absolute atomic E-state index is 0.0464. The number of sulfonamides is 1. The van der Waals surface area contributed by atoms with Crippen molar-refractivity contribution in [2.45, 2.75) is 33.1 Å². The van der Waals surface area contributed by atoms with Gasteiger partial charge in [0.15, 0.2) is 0 Å². The minimum Gasteiger partial charge on any atom is -0.466 e. The second-order valence-corrected chi connectivity index (χ2v) is 7.21. The van der Waals surface area contributed by atoms with E-state index in [0.717, 1.165) is 25.9 Å². The summed E-state index contributed by atoms with van der Waals surface area (Å²) >= 11 is 0. The summed E-state index contributed by atoms with van der Waals surface area (Å²) < 4.78 is 30.9. The second-order valence-electron chi connectivity index (χ2n) is 5.29. The van der Waals surface area contributed by atoms with Crippen molar-refractivity contribution >= 4 is 16.0 Å². The predicted molar refractivity (Wildman–Crippen MR) is 73.3 cm³/mol. The summed E-state index contributed by atoms with van der Waals surface area (Å²) in [5.41, 5.74) is -0.0464. The molecule has 0 radical (unpaired) electrons. The lowest BCUT2D eigenvalue weighted by atomic mass is 9.83. The molecule has 0 spiro atoms. The molecule has 6 nitrogen and oxygen atoms in total. The van der Waals surface area contributed by atoms with Crippen LogP contribution in [0.1, 0.15) is 33.1 Å². The molecular weight excluding hydrogens is 268 g/mol. The molecule has 1 fully saturated rings. The number of carbonyl (C=O) groups is 1. The zero-order chi connectivity index (χ0) is 14.4. The molecule has 0 aromatic rings. The van der Waals surface area contributed by atoms with E-state index in [2.05, 4.69) is 17.0 Å². The number of piperidine rings is 1. The predicted octanol–water partition coefficient (Wildman–Crippen LogP) is 0.249. The smallest absolute Gasteiger partial charge is 0.306 e. The zero-order valence-electron chi connectivity index (χ0n) is 11.7. The van der Waals surface area contributed by atoms with E-state index in [1.807, 2.05) is 0 Å². The number of nitrogens with one attached hydrogen (secondary N) is 2. The van der Waals surface area contributed by atoms with Gasteiger partial charge in [0, 0.05) is 13.1 Å². The molecule has 0 aromatic heterocycles. The van der Waals surface area contributed by atoms with E-state index in [1.165, 1.54) is 0 Å². The van der Waals surface area contributed by atoms with Crippen molar-refractivity contribution < 1.29 is 17.9 Å². The molecule has 7 heteroatoms. The quantitative estimate of drug-likeness (QED) is 0.657. The van der Waals surface area contributed by atoms with Gasteiger partial charge in [0.2, 0.25) is 10.0 Å². The topological polar surface area (TPSA) is 84.5 Å². The molecule has 1 atom stereocenters. The molecule has 0 aliphatic carbocycles. The number of carbonyl (C=O) groups excluding carboxylic acids is 1. The Morgan fingerprint density at radius 3 is 2.79 bits per heavy atom. The van der Waals surface area contributed by atoms with E-state index in [9.17, 15) is 13.2 Å². The van der Waals surface area contributed by atoms with Crippen LogP contribution in [0.3, 0.4) is 0 Å². The summed E-state index contributed by atoms with van der Waals surface area (Å²) in [5, 5.41) is 3.27. The fourth-order valence-corrected chi connectivity index (χ4v) is 3.22. The van der Waals surface area contributed by atoms with Crippen LogP contribution in [0.25, 0.3) is 0 Å². The summed E-state index contributed by atoms with van der Waals surface area (Å²) in [6.45, 7) is 6.24. The van der Waals surface area contributed by atoms with Crippen LogP contribution in [0.4, 0.5) is 0 Å². The highest BCUT2D eigenvalue weighted by Crippen LogP contribution is 2.24. The third-order valence-electron chi connectivity index (χ3n) is 3.28. The Morgan fingerprint density at radius 2 is 2.21 bits per heavy atom. The van der Waals surface area contributed by atoms with E-state index < -0.39 is 16.0 Å².